The third kappa shape index (κ3) is 4.37. The van der Waals surface area contributed by atoms with Crippen molar-refractivity contribution in [2.75, 3.05) is 32.6 Å². The first-order valence-corrected chi connectivity index (χ1v) is 9.67. The summed E-state index contributed by atoms with van der Waals surface area (Å²) in [5.41, 5.74) is 2.43. The molecule has 0 atom stereocenters. The van der Waals surface area contributed by atoms with Crippen molar-refractivity contribution in [3.8, 4) is 11.5 Å². The predicted molar refractivity (Wildman–Crippen MR) is 112 cm³/mol. The molecule has 1 aromatic heterocycles. The van der Waals surface area contributed by atoms with E-state index < -0.39 is 0 Å². The van der Waals surface area contributed by atoms with Gasteiger partial charge in [0, 0.05) is 30.2 Å². The van der Waals surface area contributed by atoms with Gasteiger partial charge in [0.05, 0.1) is 25.4 Å². The lowest BCUT2D eigenvalue weighted by molar-refractivity contribution is 0.224. The maximum absolute atomic E-state index is 5.42. The zero-order chi connectivity index (χ0) is 20.1. The monoisotopic (exact) mass is 392 g/mol. The van der Waals surface area contributed by atoms with Gasteiger partial charge in [-0.15, -0.1) is 5.11 Å². The minimum Gasteiger partial charge on any atom is -0.493 e. The molecule has 0 spiro atoms. The first-order chi connectivity index (χ1) is 14.3. The van der Waals surface area contributed by atoms with Gasteiger partial charge >= 0.3 is 0 Å². The number of nitrogens with one attached hydrogen (secondary N) is 1. The molecule has 2 aromatic carbocycles. The smallest absolute Gasteiger partial charge is 0.162 e. The molecule has 0 unspecified atom stereocenters. The second kappa shape index (κ2) is 8.72. The van der Waals surface area contributed by atoms with E-state index in [1.807, 2.05) is 41.4 Å². The molecule has 4 rings (SSSR count). The number of piperidine rings is 1. The van der Waals surface area contributed by atoms with E-state index in [1.54, 1.807) is 14.2 Å². The first-order valence-electron chi connectivity index (χ1n) is 9.67. The summed E-state index contributed by atoms with van der Waals surface area (Å²) in [5.74, 6) is 1.94. The molecule has 8 nitrogen and oxygen atoms in total. The topological polar surface area (TPSA) is 84.2 Å². The van der Waals surface area contributed by atoms with Gasteiger partial charge < -0.3 is 14.8 Å². The van der Waals surface area contributed by atoms with E-state index in [9.17, 15) is 0 Å². The number of nitrogens with zero attached hydrogens (tertiary/aromatic N) is 5. The Hall–Kier alpha value is -3.42. The lowest BCUT2D eigenvalue weighted by Crippen LogP contribution is -2.23. The third-order valence-electron chi connectivity index (χ3n) is 4.87. The molecule has 8 heteroatoms. The number of hydrogen-bond acceptors (Lipinski definition) is 7. The van der Waals surface area contributed by atoms with Crippen molar-refractivity contribution in [3.05, 3.63) is 42.7 Å². The largest absolute Gasteiger partial charge is 0.493 e. The van der Waals surface area contributed by atoms with Crippen molar-refractivity contribution in [1.82, 2.24) is 15.0 Å². The minimum atomic E-state index is 0.627. The van der Waals surface area contributed by atoms with Crippen LogP contribution in [0.3, 0.4) is 0 Å². The Kier molecular flexibility index (Phi) is 5.69. The molecule has 0 amide bonds. The summed E-state index contributed by atoms with van der Waals surface area (Å²) in [6.45, 7) is 1.94. The van der Waals surface area contributed by atoms with Gasteiger partial charge in [-0.05, 0) is 43.5 Å². The zero-order valence-corrected chi connectivity index (χ0v) is 16.6. The van der Waals surface area contributed by atoms with Crippen molar-refractivity contribution in [1.29, 1.82) is 0 Å². The summed E-state index contributed by atoms with van der Waals surface area (Å²) in [6.07, 6.45) is 5.15. The fraction of sp³-hybridized carbons (Fsp3) is 0.333. The van der Waals surface area contributed by atoms with E-state index in [0.717, 1.165) is 35.4 Å². The Morgan fingerprint density at radius 3 is 2.55 bits per heavy atom. The molecule has 0 bridgehead atoms. The number of benzene rings is 2. The fourth-order valence-corrected chi connectivity index (χ4v) is 3.35. The van der Waals surface area contributed by atoms with Gasteiger partial charge in [0.15, 0.2) is 11.5 Å². The molecular weight excluding hydrogens is 368 g/mol. The van der Waals surface area contributed by atoms with Gasteiger partial charge in [-0.25, -0.2) is 9.97 Å². The van der Waals surface area contributed by atoms with E-state index in [2.05, 4.69) is 25.6 Å². The average molecular weight is 392 g/mol. The molecule has 0 aliphatic carbocycles. The number of fused-ring (bicyclic) bond motifs is 1. The number of ether oxygens (including phenoxy) is 2. The molecule has 0 saturated carbocycles. The van der Waals surface area contributed by atoms with Crippen molar-refractivity contribution in [3.63, 3.8) is 0 Å². The zero-order valence-electron chi connectivity index (χ0n) is 16.6. The molecular formula is C21H24N6O2. The van der Waals surface area contributed by atoms with E-state index in [0.29, 0.717) is 17.3 Å². The van der Waals surface area contributed by atoms with Gasteiger partial charge in [0.2, 0.25) is 0 Å². The Balaban J connectivity index is 1.59. The standard InChI is InChI=1S/C21H24N6O2/c1-28-19-12-17-18(13-20(19)29-2)22-14-23-21(17)24-15-7-6-8-16(11-15)25-26-27-9-4-3-5-10-27/h6-8,11-14H,3-5,9-10H2,1-2H3,(H,22,23,24). The lowest BCUT2D eigenvalue weighted by atomic mass is 10.2. The van der Waals surface area contributed by atoms with Crippen LogP contribution in [0.2, 0.25) is 0 Å². The van der Waals surface area contributed by atoms with E-state index in [-0.39, 0.29) is 0 Å². The molecule has 1 aliphatic heterocycles. The van der Waals surface area contributed by atoms with Gasteiger partial charge in [-0.2, -0.15) is 0 Å². The van der Waals surface area contributed by atoms with Crippen LogP contribution in [0.5, 0.6) is 11.5 Å². The fourth-order valence-electron chi connectivity index (χ4n) is 3.35. The number of hydrogen-bond donors (Lipinski definition) is 1. The summed E-state index contributed by atoms with van der Waals surface area (Å²) < 4.78 is 10.8. The maximum Gasteiger partial charge on any atom is 0.162 e. The van der Waals surface area contributed by atoms with Gasteiger partial charge in [0.25, 0.3) is 0 Å². The second-order valence-electron chi connectivity index (χ2n) is 6.83. The summed E-state index contributed by atoms with van der Waals surface area (Å²) in [6, 6.07) is 11.5. The van der Waals surface area contributed by atoms with Crippen LogP contribution in [0.25, 0.3) is 10.9 Å². The maximum atomic E-state index is 5.42. The molecule has 29 heavy (non-hydrogen) atoms. The third-order valence-corrected chi connectivity index (χ3v) is 4.87. The molecule has 1 saturated heterocycles. The Bertz CT molecular complexity index is 1020. The van der Waals surface area contributed by atoms with Crippen LogP contribution < -0.4 is 14.8 Å². The van der Waals surface area contributed by atoms with Crippen LogP contribution in [-0.4, -0.2) is 42.3 Å². The van der Waals surface area contributed by atoms with Crippen LogP contribution in [0.1, 0.15) is 19.3 Å². The summed E-state index contributed by atoms with van der Waals surface area (Å²) in [4.78, 5) is 8.74. The van der Waals surface area contributed by atoms with Gasteiger partial charge in [-0.3, -0.25) is 5.01 Å². The normalized spacial score (nSPS) is 14.3. The molecule has 1 aliphatic rings. The molecule has 1 fully saturated rings. The van der Waals surface area contributed by atoms with Crippen LogP contribution in [0.15, 0.2) is 53.1 Å². The van der Waals surface area contributed by atoms with Crippen molar-refractivity contribution in [2.24, 2.45) is 10.3 Å². The highest BCUT2D eigenvalue weighted by Gasteiger charge is 2.11. The number of aromatic nitrogens is 2. The highest BCUT2D eigenvalue weighted by Crippen LogP contribution is 2.34. The van der Waals surface area contributed by atoms with Crippen molar-refractivity contribution < 1.29 is 9.47 Å². The van der Waals surface area contributed by atoms with Crippen molar-refractivity contribution >= 4 is 28.1 Å². The number of anilines is 2. The van der Waals surface area contributed by atoms with Crippen LogP contribution in [-0.2, 0) is 0 Å². The number of methoxy groups -OCH3 is 2. The average Bonchev–Trinajstić information content (AvgIpc) is 2.78. The molecule has 0 radical (unpaired) electrons. The van der Waals surface area contributed by atoms with E-state index in [1.165, 1.54) is 25.6 Å². The highest BCUT2D eigenvalue weighted by atomic mass is 16.5. The Morgan fingerprint density at radius 2 is 1.76 bits per heavy atom. The lowest BCUT2D eigenvalue weighted by Gasteiger charge is -2.21. The highest BCUT2D eigenvalue weighted by molar-refractivity contribution is 5.93. The van der Waals surface area contributed by atoms with Gasteiger partial charge in [0.1, 0.15) is 12.1 Å². The molecule has 3 aromatic rings. The number of rotatable bonds is 6. The first kappa shape index (κ1) is 18.9. The SMILES string of the molecule is COc1cc2ncnc(Nc3cccc(N=NN4CCCCC4)c3)c2cc1OC. The minimum absolute atomic E-state index is 0.627. The Labute approximate surface area is 169 Å². The van der Waals surface area contributed by atoms with E-state index >= 15 is 0 Å². The Morgan fingerprint density at radius 1 is 0.966 bits per heavy atom. The summed E-state index contributed by atoms with van der Waals surface area (Å²) in [5, 5.41) is 15.0. The molecule has 2 heterocycles. The molecule has 1 N–H and O–H groups in total. The van der Waals surface area contributed by atoms with Crippen molar-refractivity contribution in [2.45, 2.75) is 19.3 Å². The van der Waals surface area contributed by atoms with Crippen LogP contribution in [0.4, 0.5) is 17.2 Å². The van der Waals surface area contributed by atoms with E-state index in [4.69, 9.17) is 9.47 Å². The summed E-state index contributed by atoms with van der Waals surface area (Å²) in [7, 11) is 3.21. The van der Waals surface area contributed by atoms with Crippen LogP contribution in [0, 0.1) is 0 Å². The van der Waals surface area contributed by atoms with Crippen LogP contribution >= 0.6 is 0 Å². The second-order valence-corrected chi connectivity index (χ2v) is 6.83. The van der Waals surface area contributed by atoms with Gasteiger partial charge in [-0.1, -0.05) is 11.3 Å². The summed E-state index contributed by atoms with van der Waals surface area (Å²) >= 11 is 0. The molecule has 150 valence electrons. The quantitative estimate of drug-likeness (QED) is 0.602. The predicted octanol–water partition coefficient (Wildman–Crippen LogP) is 4.88.